The maximum Gasteiger partial charge on any atom is 0.330 e. The molecule has 5 aromatic rings. The Morgan fingerprint density at radius 2 is 1.84 bits per heavy atom. The summed E-state index contributed by atoms with van der Waals surface area (Å²) in [6, 6.07) is 17.9. The quantitative estimate of drug-likeness (QED) is 0.140. The zero-order chi connectivity index (χ0) is 31.5. The number of carbonyl (C=O) groups excluding carboxylic acids is 1. The van der Waals surface area contributed by atoms with E-state index in [9.17, 15) is 23.8 Å². The number of amides is 1. The Morgan fingerprint density at radius 1 is 1.13 bits per heavy atom. The third-order valence-corrected chi connectivity index (χ3v) is 8.87. The monoisotopic (exact) mass is 629 g/mol. The van der Waals surface area contributed by atoms with Gasteiger partial charge in [-0.25, -0.2) is 4.79 Å². The number of nitrogens with one attached hydrogen (secondary N) is 2. The molecule has 0 radical (unpaired) electrons. The molecule has 1 amide bonds. The molecule has 4 aromatic carbocycles. The zero-order valence-electron chi connectivity index (χ0n) is 24.2. The Bertz CT molecular complexity index is 2200. The first-order chi connectivity index (χ1) is 21.6. The van der Waals surface area contributed by atoms with Crippen molar-refractivity contribution in [2.75, 3.05) is 33.5 Å². The molecule has 2 fully saturated rings. The Kier molecular flexibility index (Phi) is 7.13. The second kappa shape index (κ2) is 10.9. The van der Waals surface area contributed by atoms with Gasteiger partial charge in [-0.2, -0.15) is 0 Å². The maximum absolute atomic E-state index is 13.2. The van der Waals surface area contributed by atoms with Crippen LogP contribution in [0.4, 0.5) is 0 Å². The van der Waals surface area contributed by atoms with Gasteiger partial charge in [0, 0.05) is 25.5 Å². The first kappa shape index (κ1) is 29.4. The lowest BCUT2D eigenvalue weighted by Crippen LogP contribution is -2.46. The summed E-state index contributed by atoms with van der Waals surface area (Å²) < 4.78 is 35.8. The van der Waals surface area contributed by atoms with E-state index in [0.717, 1.165) is 43.5 Å². The fourth-order valence-electron chi connectivity index (χ4n) is 6.39. The van der Waals surface area contributed by atoms with Gasteiger partial charge in [0.05, 0.1) is 19.8 Å². The molecule has 0 saturated carbocycles. The van der Waals surface area contributed by atoms with Gasteiger partial charge in [-0.3, -0.25) is 28.2 Å². The van der Waals surface area contributed by atoms with Crippen molar-refractivity contribution >= 4 is 45.8 Å². The molecule has 12 nitrogen and oxygen atoms in total. The number of benzene rings is 4. The molecular formula is C32H28N3O9P. The molecule has 3 N–H and O–H groups in total. The molecule has 2 aliphatic heterocycles. The molecule has 3 heterocycles. The second-order valence-electron chi connectivity index (χ2n) is 11.3. The number of aromatic nitrogens is 2. The molecule has 5 atom stereocenters. The summed E-state index contributed by atoms with van der Waals surface area (Å²) in [4.78, 5) is 50.8. The van der Waals surface area contributed by atoms with Crippen LogP contribution in [0.15, 0.2) is 70.4 Å². The van der Waals surface area contributed by atoms with Crippen molar-refractivity contribution in [1.82, 2.24) is 14.9 Å². The predicted molar refractivity (Wildman–Crippen MR) is 166 cm³/mol. The van der Waals surface area contributed by atoms with Crippen LogP contribution in [0.5, 0.6) is 0 Å². The van der Waals surface area contributed by atoms with Crippen LogP contribution in [0, 0.1) is 11.8 Å². The average Bonchev–Trinajstić information content (AvgIpc) is 3.48. The Labute approximate surface area is 255 Å². The van der Waals surface area contributed by atoms with Gasteiger partial charge in [-0.05, 0) is 38.4 Å². The summed E-state index contributed by atoms with van der Waals surface area (Å²) in [5, 5.41) is 8.97. The second-order valence-corrected chi connectivity index (χ2v) is 13.1. The number of carbonyl (C=O) groups is 1. The van der Waals surface area contributed by atoms with E-state index in [0.29, 0.717) is 5.56 Å². The van der Waals surface area contributed by atoms with E-state index in [-0.39, 0.29) is 31.2 Å². The summed E-state index contributed by atoms with van der Waals surface area (Å²) in [6.45, 7) is 0.966. The van der Waals surface area contributed by atoms with Crippen LogP contribution in [0.3, 0.4) is 0 Å². The fraction of sp³-hybridized carbons (Fsp3) is 0.281. The van der Waals surface area contributed by atoms with E-state index in [1.807, 2.05) is 42.5 Å². The highest BCUT2D eigenvalue weighted by molar-refractivity contribution is 7.51. The normalized spacial score (nSPS) is 23.8. The molecule has 7 rings (SSSR count). The SMILES string of the molecule is COC[C@]12COC([C@H](n3cc(C#CCNC(=O)c4ccc5ccc6cccc7ccc4c5c67)c(=O)[nH]c3=O)O1)[C@@H]2OP(C)(=O)O. The minimum Gasteiger partial charge on any atom is -0.381 e. The van der Waals surface area contributed by atoms with E-state index >= 15 is 0 Å². The third-order valence-electron chi connectivity index (χ3n) is 8.25. The Hall–Kier alpha value is -4.34. The lowest BCUT2D eigenvalue weighted by Gasteiger charge is -2.31. The number of hydrogen-bond donors (Lipinski definition) is 3. The molecule has 0 spiro atoms. The molecule has 2 unspecified atom stereocenters. The van der Waals surface area contributed by atoms with E-state index in [2.05, 4.69) is 28.2 Å². The van der Waals surface area contributed by atoms with Crippen LogP contribution in [-0.2, 0) is 23.3 Å². The van der Waals surface area contributed by atoms with Gasteiger partial charge in [0.25, 0.3) is 11.5 Å². The lowest BCUT2D eigenvalue weighted by molar-refractivity contribution is -0.190. The van der Waals surface area contributed by atoms with Crippen LogP contribution in [0.1, 0.15) is 22.1 Å². The van der Waals surface area contributed by atoms with Gasteiger partial charge in [-0.15, -0.1) is 0 Å². The number of ether oxygens (including phenoxy) is 3. The van der Waals surface area contributed by atoms with Crippen molar-refractivity contribution in [3.8, 4) is 11.8 Å². The number of aromatic amines is 1. The zero-order valence-corrected chi connectivity index (χ0v) is 25.1. The van der Waals surface area contributed by atoms with Gasteiger partial charge in [0.1, 0.15) is 23.4 Å². The third kappa shape index (κ3) is 5.04. The van der Waals surface area contributed by atoms with Crippen molar-refractivity contribution in [3.63, 3.8) is 0 Å². The summed E-state index contributed by atoms with van der Waals surface area (Å²) in [7, 11) is -2.53. The summed E-state index contributed by atoms with van der Waals surface area (Å²) in [5.74, 6) is 5.17. The Balaban J connectivity index is 1.13. The standard InChI is InChI=1S/C32H28N3O9P/c1-41-16-32-17-42-26(27(32)44-45(2,39)40)30(43-32)35-15-21(28(36)34-31(35)38)7-4-14-33-29(37)23-13-11-20-9-8-18-5-3-6-19-10-12-22(23)25(20)24(18)19/h3,5-6,8-13,15,26-27,30H,14,16-17H2,1-2H3,(H,33,37)(H,39,40)(H,34,36,38)/t26?,27-,30+,32+/m0/s1. The van der Waals surface area contributed by atoms with Gasteiger partial charge in [-0.1, -0.05) is 60.4 Å². The number of hydrogen-bond acceptors (Lipinski definition) is 8. The number of rotatable bonds is 7. The van der Waals surface area contributed by atoms with E-state index in [1.54, 1.807) is 6.07 Å². The fourth-order valence-corrected chi connectivity index (χ4v) is 7.12. The number of methoxy groups -OCH3 is 1. The van der Waals surface area contributed by atoms with Gasteiger partial charge in [0.2, 0.25) is 0 Å². The summed E-state index contributed by atoms with van der Waals surface area (Å²) in [5.41, 5.74) is -2.30. The minimum absolute atomic E-state index is 0.0171. The van der Waals surface area contributed by atoms with Crippen molar-refractivity contribution in [3.05, 3.63) is 92.8 Å². The molecular weight excluding hydrogens is 601 g/mol. The highest BCUT2D eigenvalue weighted by Crippen LogP contribution is 2.52. The maximum atomic E-state index is 13.2. The van der Waals surface area contributed by atoms with Gasteiger partial charge < -0.3 is 24.4 Å². The van der Waals surface area contributed by atoms with Crippen molar-refractivity contribution in [2.45, 2.75) is 24.0 Å². The number of nitrogens with zero attached hydrogens (tertiary/aromatic N) is 1. The average molecular weight is 630 g/mol. The van der Waals surface area contributed by atoms with Gasteiger partial charge >= 0.3 is 13.3 Å². The summed E-state index contributed by atoms with van der Waals surface area (Å²) >= 11 is 0. The first-order valence-corrected chi connectivity index (χ1v) is 16.2. The topological polar surface area (TPSA) is 158 Å². The van der Waals surface area contributed by atoms with Crippen molar-refractivity contribution in [1.29, 1.82) is 0 Å². The van der Waals surface area contributed by atoms with Crippen LogP contribution in [-0.4, -0.2) is 71.7 Å². The van der Waals surface area contributed by atoms with Crippen LogP contribution >= 0.6 is 7.60 Å². The Morgan fingerprint density at radius 3 is 2.58 bits per heavy atom. The molecule has 2 saturated heterocycles. The van der Waals surface area contributed by atoms with E-state index < -0.39 is 42.9 Å². The van der Waals surface area contributed by atoms with E-state index in [4.69, 9.17) is 18.7 Å². The number of fused-ring (bicyclic) bond motifs is 2. The highest BCUT2D eigenvalue weighted by Gasteiger charge is 2.64. The first-order valence-electron chi connectivity index (χ1n) is 14.1. The van der Waals surface area contributed by atoms with Crippen molar-refractivity contribution in [2.24, 2.45) is 0 Å². The summed E-state index contributed by atoms with van der Waals surface area (Å²) in [6.07, 6.45) is -1.81. The smallest absolute Gasteiger partial charge is 0.330 e. The minimum atomic E-state index is -3.96. The molecule has 2 aliphatic rings. The van der Waals surface area contributed by atoms with Crippen LogP contribution in [0.25, 0.3) is 32.3 Å². The molecule has 0 aliphatic carbocycles. The molecule has 230 valence electrons. The van der Waals surface area contributed by atoms with Gasteiger partial charge in [0.15, 0.2) is 6.23 Å². The van der Waals surface area contributed by atoms with Crippen LogP contribution < -0.4 is 16.6 Å². The molecule has 13 heteroatoms. The molecule has 45 heavy (non-hydrogen) atoms. The largest absolute Gasteiger partial charge is 0.381 e. The molecule has 1 aromatic heterocycles. The van der Waals surface area contributed by atoms with Crippen LogP contribution in [0.2, 0.25) is 0 Å². The lowest BCUT2D eigenvalue weighted by atomic mass is 9.92. The van der Waals surface area contributed by atoms with Crippen molar-refractivity contribution < 1.29 is 33.0 Å². The molecule has 2 bridgehead atoms. The number of H-pyrrole nitrogens is 1. The highest BCUT2D eigenvalue weighted by atomic mass is 31.2. The predicted octanol–water partition coefficient (Wildman–Crippen LogP) is 2.73. The van der Waals surface area contributed by atoms with E-state index in [1.165, 1.54) is 13.3 Å².